The Morgan fingerprint density at radius 2 is 0.667 bits per heavy atom. The number of aliphatic hydroxyl groups excluding tert-OH is 1. The molecule has 450 valence electrons. The fraction of sp³-hybridized carbons (Fsp3) is 0.742. The molecule has 0 heterocycles. The first-order chi connectivity index (χ1) is 38.2. The average Bonchev–Trinajstić information content (AvgIpc) is 3.43. The highest BCUT2D eigenvalue weighted by molar-refractivity contribution is 7.47. The van der Waals surface area contributed by atoms with Crippen LogP contribution in [0.4, 0.5) is 0 Å². The lowest BCUT2D eigenvalue weighted by molar-refractivity contribution is -0.161. The number of hydrogen-bond acceptors (Lipinski definition) is 10. The van der Waals surface area contributed by atoms with Gasteiger partial charge in [0.05, 0.1) is 19.8 Å². The summed E-state index contributed by atoms with van der Waals surface area (Å²) in [6.45, 7) is 4.50. The van der Waals surface area contributed by atoms with Crippen molar-refractivity contribution in [1.29, 1.82) is 0 Å². The Kier molecular flexibility index (Phi) is 57.2. The Labute approximate surface area is 477 Å². The van der Waals surface area contributed by atoms with Crippen LogP contribution in [0.5, 0.6) is 0 Å². The predicted molar refractivity (Wildman–Crippen MR) is 325 cm³/mol. The summed E-state index contributed by atoms with van der Waals surface area (Å²) in [5.41, 5.74) is 0. The van der Waals surface area contributed by atoms with Gasteiger partial charge in [-0.25, -0.2) is 4.57 Å². The van der Waals surface area contributed by atoms with E-state index in [0.717, 1.165) is 141 Å². The molecule has 0 rings (SSSR count). The largest absolute Gasteiger partial charge is 0.472 e. The normalized spacial score (nSPS) is 13.9. The van der Waals surface area contributed by atoms with Gasteiger partial charge in [0, 0.05) is 19.3 Å². The predicted octanol–water partition coefficient (Wildman–Crippen LogP) is 19.0. The van der Waals surface area contributed by atoms with Crippen LogP contribution >= 0.6 is 7.82 Å². The monoisotopic (exact) mass is 1110 g/mol. The van der Waals surface area contributed by atoms with Crippen LogP contribution < -0.4 is 0 Å². The molecule has 2 N–H and O–H groups in total. The molecular weight excluding hydrogens is 1000 g/mol. The number of carbonyl (C=O) groups excluding carboxylic acids is 3. The van der Waals surface area contributed by atoms with Crippen molar-refractivity contribution >= 4 is 25.7 Å². The van der Waals surface area contributed by atoms with Crippen LogP contribution in [0, 0.1) is 0 Å². The van der Waals surface area contributed by atoms with Gasteiger partial charge in [0.15, 0.2) is 6.10 Å². The number of phosphoric ester groups is 1. The van der Waals surface area contributed by atoms with E-state index in [1.165, 1.54) is 77.0 Å². The van der Waals surface area contributed by atoms with E-state index in [2.05, 4.69) is 106 Å². The van der Waals surface area contributed by atoms with E-state index in [1.807, 2.05) is 0 Å². The summed E-state index contributed by atoms with van der Waals surface area (Å²) in [6.07, 6.45) is 69.5. The quantitative estimate of drug-likeness (QED) is 0.0197. The van der Waals surface area contributed by atoms with Gasteiger partial charge in [-0.05, 0) is 116 Å². The van der Waals surface area contributed by atoms with Gasteiger partial charge in [0.2, 0.25) is 0 Å². The number of phosphoric acid groups is 1. The summed E-state index contributed by atoms with van der Waals surface area (Å²) in [5.74, 6) is -1.49. The number of unbranched alkanes of at least 4 members (excludes halogenated alkanes) is 27. The summed E-state index contributed by atoms with van der Waals surface area (Å²) in [6, 6.07) is 0. The molecule has 78 heavy (non-hydrogen) atoms. The zero-order valence-corrected chi connectivity index (χ0v) is 50.8. The molecule has 3 atom stereocenters. The fourth-order valence-electron chi connectivity index (χ4n) is 8.49. The maximum absolute atomic E-state index is 12.9. The Hall–Kier alpha value is -3.34. The molecule has 12 heteroatoms. The minimum atomic E-state index is -4.76. The van der Waals surface area contributed by atoms with Crippen molar-refractivity contribution in [2.24, 2.45) is 0 Å². The molecule has 0 aromatic rings. The van der Waals surface area contributed by atoms with Crippen molar-refractivity contribution in [2.75, 3.05) is 26.4 Å². The molecule has 0 fully saturated rings. The Morgan fingerprint density at radius 1 is 0.372 bits per heavy atom. The number of carbonyl (C=O) groups is 3. The third kappa shape index (κ3) is 57.3. The highest BCUT2D eigenvalue weighted by atomic mass is 31.2. The number of esters is 3. The van der Waals surface area contributed by atoms with E-state index < -0.39 is 57.8 Å². The first kappa shape index (κ1) is 74.7. The summed E-state index contributed by atoms with van der Waals surface area (Å²) >= 11 is 0. The van der Waals surface area contributed by atoms with Gasteiger partial charge in [-0.2, -0.15) is 0 Å². The standard InChI is InChI=1S/C66H115O11P/c1-4-7-10-13-16-19-22-25-28-30-31-33-36-39-42-45-48-51-54-57-66(70)77-63(59-73-64(68)55-52-49-46-43-40-37-34-27-24-21-18-15-12-9-6-3)61-75-78(71,72)74-60-62(58-67)76-65(69)56-53-50-47-44-41-38-35-32-29-26-23-20-17-14-11-8-5-2/h7,10,16-17,19-20,25-29,31,33-34,62-63,67H,4-6,8-9,11-15,18,21-24,30,32,35-61H2,1-3H3,(H,71,72)/b10-7-,19-16-,20-17-,28-25-,29-26-,33-31-,34-27-. The first-order valence-corrected chi connectivity index (χ1v) is 33.0. The third-order valence-electron chi connectivity index (χ3n) is 13.3. The number of rotatable bonds is 58. The lowest BCUT2D eigenvalue weighted by Gasteiger charge is -2.21. The topological polar surface area (TPSA) is 155 Å². The third-order valence-corrected chi connectivity index (χ3v) is 14.2. The molecule has 0 spiro atoms. The molecular formula is C66H115O11P. The van der Waals surface area contributed by atoms with Gasteiger partial charge in [-0.1, -0.05) is 228 Å². The summed E-state index contributed by atoms with van der Waals surface area (Å²) in [5, 5.41) is 9.85. The minimum Gasteiger partial charge on any atom is -0.462 e. The van der Waals surface area contributed by atoms with E-state index in [4.69, 9.17) is 23.3 Å². The average molecular weight is 1120 g/mol. The molecule has 3 unspecified atom stereocenters. The lowest BCUT2D eigenvalue weighted by atomic mass is 10.1. The van der Waals surface area contributed by atoms with Crippen LogP contribution in [0.3, 0.4) is 0 Å². The molecule has 0 saturated heterocycles. The Bertz CT molecular complexity index is 1630. The molecule has 0 bridgehead atoms. The molecule has 0 radical (unpaired) electrons. The second kappa shape index (κ2) is 59.8. The molecule has 0 amide bonds. The van der Waals surface area contributed by atoms with Gasteiger partial charge >= 0.3 is 25.7 Å². The van der Waals surface area contributed by atoms with Gasteiger partial charge in [-0.15, -0.1) is 0 Å². The van der Waals surface area contributed by atoms with Gasteiger partial charge in [-0.3, -0.25) is 23.4 Å². The van der Waals surface area contributed by atoms with Gasteiger partial charge < -0.3 is 24.2 Å². The maximum Gasteiger partial charge on any atom is 0.472 e. The maximum atomic E-state index is 12.9. The molecule has 0 aliphatic rings. The van der Waals surface area contributed by atoms with E-state index in [-0.39, 0.29) is 25.9 Å². The summed E-state index contributed by atoms with van der Waals surface area (Å²) in [7, 11) is -4.76. The summed E-state index contributed by atoms with van der Waals surface area (Å²) in [4.78, 5) is 48.7. The summed E-state index contributed by atoms with van der Waals surface area (Å²) < 4.78 is 39.6. The van der Waals surface area contributed by atoms with E-state index in [0.29, 0.717) is 19.3 Å². The van der Waals surface area contributed by atoms with Gasteiger partial charge in [0.1, 0.15) is 12.7 Å². The first-order valence-electron chi connectivity index (χ1n) is 31.5. The molecule has 0 aliphatic carbocycles. The van der Waals surface area contributed by atoms with Crippen molar-refractivity contribution in [1.82, 2.24) is 0 Å². The fourth-order valence-corrected chi connectivity index (χ4v) is 9.27. The molecule has 0 aliphatic heterocycles. The zero-order valence-electron chi connectivity index (χ0n) is 49.9. The van der Waals surface area contributed by atoms with Crippen LogP contribution in [0.1, 0.15) is 278 Å². The number of aliphatic hydroxyl groups is 1. The van der Waals surface area contributed by atoms with Crippen molar-refractivity contribution < 1.29 is 52.2 Å². The minimum absolute atomic E-state index is 0.147. The zero-order chi connectivity index (χ0) is 56.9. The van der Waals surface area contributed by atoms with Crippen LogP contribution in [0.25, 0.3) is 0 Å². The highest BCUT2D eigenvalue weighted by Crippen LogP contribution is 2.43. The van der Waals surface area contributed by atoms with E-state index in [1.54, 1.807) is 0 Å². The molecule has 0 aromatic carbocycles. The number of hydrogen-bond donors (Lipinski definition) is 2. The van der Waals surface area contributed by atoms with E-state index in [9.17, 15) is 28.9 Å². The van der Waals surface area contributed by atoms with Crippen molar-refractivity contribution in [3.8, 4) is 0 Å². The lowest BCUT2D eigenvalue weighted by Crippen LogP contribution is -2.30. The van der Waals surface area contributed by atoms with Crippen molar-refractivity contribution in [3.05, 3.63) is 85.1 Å². The molecule has 0 saturated carbocycles. The van der Waals surface area contributed by atoms with Gasteiger partial charge in [0.25, 0.3) is 0 Å². The highest BCUT2D eigenvalue weighted by Gasteiger charge is 2.28. The van der Waals surface area contributed by atoms with Crippen LogP contribution in [0.2, 0.25) is 0 Å². The van der Waals surface area contributed by atoms with E-state index >= 15 is 0 Å². The van der Waals surface area contributed by atoms with Crippen LogP contribution in [-0.2, 0) is 42.2 Å². The second-order valence-electron chi connectivity index (χ2n) is 20.8. The smallest absolute Gasteiger partial charge is 0.462 e. The van der Waals surface area contributed by atoms with Crippen LogP contribution in [-0.4, -0.2) is 66.5 Å². The SMILES string of the molecule is CC/C=C\C/C=C\C/C=C\C/C=C\CCCCCCCCC(=O)OC(COC(=O)CCCCCCC/C=C\CCCCCCCC)COP(=O)(O)OCC(CO)OC(=O)CCCCCCCCC/C=C\C/C=C\CCCCC. The van der Waals surface area contributed by atoms with Crippen molar-refractivity contribution in [3.63, 3.8) is 0 Å². The molecule has 11 nitrogen and oxygen atoms in total. The second-order valence-corrected chi connectivity index (χ2v) is 22.3. The number of ether oxygens (including phenoxy) is 3. The Balaban J connectivity index is 4.74. The van der Waals surface area contributed by atoms with Crippen molar-refractivity contribution in [2.45, 2.75) is 290 Å². The molecule has 0 aromatic heterocycles. The number of allylic oxidation sites excluding steroid dienone is 14. The Morgan fingerprint density at radius 3 is 1.06 bits per heavy atom. The van der Waals surface area contributed by atoms with Crippen LogP contribution in [0.15, 0.2) is 85.1 Å².